The second-order valence-electron chi connectivity index (χ2n) is 6.33. The lowest BCUT2D eigenvalue weighted by Gasteiger charge is -2.21. The first-order chi connectivity index (χ1) is 11.9. The van der Waals surface area contributed by atoms with Crippen molar-refractivity contribution in [1.29, 1.82) is 0 Å². The number of hydrogen-bond donors (Lipinski definition) is 2. The number of nitrogens with zero attached hydrogens (tertiary/aromatic N) is 1. The molecule has 1 heterocycles. The molecule has 1 atom stereocenters. The van der Waals surface area contributed by atoms with Crippen LogP contribution in [-0.2, 0) is 14.8 Å². The highest BCUT2D eigenvalue weighted by atomic mass is 32.2. The zero-order chi connectivity index (χ0) is 18.3. The molecule has 1 saturated heterocycles. The summed E-state index contributed by atoms with van der Waals surface area (Å²) in [7, 11) is -2.08. The van der Waals surface area contributed by atoms with E-state index in [2.05, 4.69) is 10.0 Å². The molecule has 0 unspecified atom stereocenters. The number of carbonyl (C=O) groups excluding carboxylic acids is 1. The van der Waals surface area contributed by atoms with Crippen LogP contribution in [0.3, 0.4) is 0 Å². The molecule has 0 bridgehead atoms. The summed E-state index contributed by atoms with van der Waals surface area (Å²) in [5, 5.41) is 2.83. The number of methoxy groups -OCH3 is 1. The second-order valence-corrected chi connectivity index (χ2v) is 8.05. The van der Waals surface area contributed by atoms with Crippen LogP contribution in [-0.4, -0.2) is 52.2 Å². The first-order valence-corrected chi connectivity index (χ1v) is 10.1. The summed E-state index contributed by atoms with van der Waals surface area (Å²) in [5.41, 5.74) is 0.582. The number of sulfonamides is 1. The van der Waals surface area contributed by atoms with Crippen molar-refractivity contribution in [2.24, 2.45) is 0 Å². The Labute approximate surface area is 149 Å². The predicted molar refractivity (Wildman–Crippen MR) is 97.2 cm³/mol. The third kappa shape index (κ3) is 5.98. The molecule has 2 amide bonds. The van der Waals surface area contributed by atoms with Crippen LogP contribution in [0.4, 0.5) is 10.5 Å². The summed E-state index contributed by atoms with van der Waals surface area (Å²) < 4.78 is 32.0. The monoisotopic (exact) mass is 369 g/mol. The molecule has 7 nitrogen and oxygen atoms in total. The van der Waals surface area contributed by atoms with Crippen molar-refractivity contribution in [3.8, 4) is 0 Å². The molecule has 2 N–H and O–H groups in total. The predicted octanol–water partition coefficient (Wildman–Crippen LogP) is 2.41. The number of urea groups is 1. The summed E-state index contributed by atoms with van der Waals surface area (Å²) >= 11 is 0. The Hall–Kier alpha value is -1.64. The second kappa shape index (κ2) is 9.17. The van der Waals surface area contributed by atoms with Crippen molar-refractivity contribution in [2.75, 3.05) is 32.1 Å². The van der Waals surface area contributed by atoms with E-state index in [4.69, 9.17) is 4.74 Å². The fourth-order valence-electron chi connectivity index (χ4n) is 2.81. The summed E-state index contributed by atoms with van der Waals surface area (Å²) in [4.78, 5) is 14.3. The minimum Gasteiger partial charge on any atom is -0.383 e. The van der Waals surface area contributed by atoms with Crippen LogP contribution in [0, 0.1) is 0 Å². The van der Waals surface area contributed by atoms with Gasteiger partial charge in [-0.25, -0.2) is 17.9 Å². The lowest BCUT2D eigenvalue weighted by atomic mass is 10.2. The Balaban J connectivity index is 1.98. The Morgan fingerprint density at radius 2 is 1.76 bits per heavy atom. The molecule has 1 aliphatic heterocycles. The molecule has 1 aliphatic rings. The Bertz CT molecular complexity index is 653. The number of hydrogen-bond acceptors (Lipinski definition) is 4. The van der Waals surface area contributed by atoms with Crippen molar-refractivity contribution in [2.45, 2.75) is 43.5 Å². The number of likely N-dealkylation sites (tertiary alicyclic amines) is 1. The molecular formula is C17H27N3O4S. The van der Waals surface area contributed by atoms with Gasteiger partial charge < -0.3 is 15.0 Å². The Kier molecular flexibility index (Phi) is 7.22. The molecule has 8 heteroatoms. The van der Waals surface area contributed by atoms with Gasteiger partial charge in [0.15, 0.2) is 0 Å². The molecule has 0 radical (unpaired) electrons. The van der Waals surface area contributed by atoms with E-state index < -0.39 is 10.0 Å². The van der Waals surface area contributed by atoms with E-state index in [1.54, 1.807) is 19.1 Å². The number of nitrogens with one attached hydrogen (secondary N) is 2. The van der Waals surface area contributed by atoms with Crippen molar-refractivity contribution < 1.29 is 17.9 Å². The van der Waals surface area contributed by atoms with Crippen molar-refractivity contribution >= 4 is 21.7 Å². The van der Waals surface area contributed by atoms with Gasteiger partial charge >= 0.3 is 6.03 Å². The molecule has 0 spiro atoms. The van der Waals surface area contributed by atoms with E-state index in [-0.39, 0.29) is 17.0 Å². The maximum atomic E-state index is 12.3. The molecule has 0 aliphatic carbocycles. The van der Waals surface area contributed by atoms with Gasteiger partial charge in [0.25, 0.3) is 0 Å². The van der Waals surface area contributed by atoms with Gasteiger partial charge in [-0.15, -0.1) is 0 Å². The quantitative estimate of drug-likeness (QED) is 0.806. The topological polar surface area (TPSA) is 87.7 Å². The van der Waals surface area contributed by atoms with Gasteiger partial charge in [-0.3, -0.25) is 0 Å². The molecule has 1 aromatic carbocycles. The maximum absolute atomic E-state index is 12.3. The van der Waals surface area contributed by atoms with Crippen LogP contribution < -0.4 is 10.0 Å². The summed E-state index contributed by atoms with van der Waals surface area (Å²) in [6.45, 7) is 3.55. The number of benzene rings is 1. The van der Waals surface area contributed by atoms with Crippen LogP contribution in [0.1, 0.15) is 32.6 Å². The molecule has 0 saturated carbocycles. The highest BCUT2D eigenvalue weighted by molar-refractivity contribution is 7.89. The van der Waals surface area contributed by atoms with Gasteiger partial charge in [0.2, 0.25) is 10.0 Å². The normalized spacial score (nSPS) is 17.0. The number of carbonyl (C=O) groups is 1. The standard InChI is InChI=1S/C17H27N3O4S/c1-14(13-24-2)19-25(22,23)16-9-7-15(8-10-16)18-17(21)20-11-5-3-4-6-12-20/h7-10,14,19H,3-6,11-13H2,1-2H3,(H,18,21)/t14-/m0/s1. The van der Waals surface area contributed by atoms with Crippen molar-refractivity contribution in [3.63, 3.8) is 0 Å². The highest BCUT2D eigenvalue weighted by Crippen LogP contribution is 2.16. The number of ether oxygens (including phenoxy) is 1. The number of rotatable bonds is 6. The van der Waals surface area contributed by atoms with Crippen LogP contribution in [0.25, 0.3) is 0 Å². The summed E-state index contributed by atoms with van der Waals surface area (Å²) in [5.74, 6) is 0. The van der Waals surface area contributed by atoms with Crippen LogP contribution >= 0.6 is 0 Å². The van der Waals surface area contributed by atoms with Crippen LogP contribution in [0.2, 0.25) is 0 Å². The van der Waals surface area contributed by atoms with Crippen molar-refractivity contribution in [1.82, 2.24) is 9.62 Å². The molecule has 140 valence electrons. The molecule has 1 aromatic rings. The molecular weight excluding hydrogens is 342 g/mol. The average molecular weight is 369 g/mol. The van der Waals surface area contributed by atoms with Gasteiger partial charge in [-0.05, 0) is 44.0 Å². The number of amides is 2. The van der Waals surface area contributed by atoms with Gasteiger partial charge in [-0.2, -0.15) is 0 Å². The van der Waals surface area contributed by atoms with Crippen molar-refractivity contribution in [3.05, 3.63) is 24.3 Å². The third-order valence-corrected chi connectivity index (χ3v) is 5.69. The maximum Gasteiger partial charge on any atom is 0.321 e. The molecule has 25 heavy (non-hydrogen) atoms. The molecule has 0 aromatic heterocycles. The van der Waals surface area contributed by atoms with E-state index in [9.17, 15) is 13.2 Å². The number of anilines is 1. The van der Waals surface area contributed by atoms with E-state index in [0.29, 0.717) is 12.3 Å². The first-order valence-electron chi connectivity index (χ1n) is 8.59. The zero-order valence-corrected chi connectivity index (χ0v) is 15.6. The third-order valence-electron chi connectivity index (χ3n) is 4.08. The first kappa shape index (κ1) is 19.7. The zero-order valence-electron chi connectivity index (χ0n) is 14.8. The van der Waals surface area contributed by atoms with Gasteiger partial charge in [0.1, 0.15) is 0 Å². The van der Waals surface area contributed by atoms with Gasteiger partial charge in [0.05, 0.1) is 11.5 Å². The van der Waals surface area contributed by atoms with Gasteiger partial charge in [-0.1, -0.05) is 12.8 Å². The Morgan fingerprint density at radius 1 is 1.16 bits per heavy atom. The summed E-state index contributed by atoms with van der Waals surface area (Å²) in [6.07, 6.45) is 4.36. The fraction of sp³-hybridized carbons (Fsp3) is 0.588. The molecule has 2 rings (SSSR count). The minimum absolute atomic E-state index is 0.135. The van der Waals surface area contributed by atoms with E-state index in [1.165, 1.54) is 19.2 Å². The lowest BCUT2D eigenvalue weighted by Crippen LogP contribution is -2.36. The highest BCUT2D eigenvalue weighted by Gasteiger charge is 2.18. The fourth-order valence-corrected chi connectivity index (χ4v) is 4.04. The smallest absolute Gasteiger partial charge is 0.321 e. The minimum atomic E-state index is -3.61. The Morgan fingerprint density at radius 3 is 2.32 bits per heavy atom. The van der Waals surface area contributed by atoms with E-state index in [0.717, 1.165) is 38.8 Å². The SMILES string of the molecule is COC[C@H](C)NS(=O)(=O)c1ccc(NC(=O)N2CCCCCC2)cc1. The van der Waals surface area contributed by atoms with Gasteiger partial charge in [0, 0.05) is 31.9 Å². The van der Waals surface area contributed by atoms with Crippen LogP contribution in [0.5, 0.6) is 0 Å². The molecule has 1 fully saturated rings. The van der Waals surface area contributed by atoms with E-state index in [1.807, 2.05) is 4.90 Å². The van der Waals surface area contributed by atoms with E-state index >= 15 is 0 Å². The van der Waals surface area contributed by atoms with Crippen LogP contribution in [0.15, 0.2) is 29.2 Å². The summed E-state index contributed by atoms with van der Waals surface area (Å²) in [6, 6.07) is 5.72. The average Bonchev–Trinajstić information content (AvgIpc) is 2.84. The largest absolute Gasteiger partial charge is 0.383 e. The lowest BCUT2D eigenvalue weighted by molar-refractivity contribution is 0.180.